The molecule has 3 heterocycles. The number of rotatable bonds is 3. The molecule has 5 rings (SSSR count). The zero-order chi connectivity index (χ0) is 23.4. The summed E-state index contributed by atoms with van der Waals surface area (Å²) in [4.78, 5) is 33.0. The third kappa shape index (κ3) is 4.95. The van der Waals surface area contributed by atoms with Crippen LogP contribution in [0.1, 0.15) is 48.8 Å². The van der Waals surface area contributed by atoms with E-state index in [4.69, 9.17) is 19.1 Å². The maximum Gasteiger partial charge on any atom is 0.415 e. The number of ether oxygens (including phenoxy) is 2. The fourth-order valence-corrected chi connectivity index (χ4v) is 5.09. The van der Waals surface area contributed by atoms with Crippen LogP contribution in [0.25, 0.3) is 0 Å². The number of para-hydroxylation sites is 1. The SMILES string of the molecule is Cc1cc(CN2CCC3(CC2)CN(c2ccccc2)C(=O)O3)cc2c1OCCC2C.O=C=O. The Kier molecular flexibility index (Phi) is 6.82. The second-order valence-electron chi connectivity index (χ2n) is 9.20. The zero-order valence-electron chi connectivity index (χ0n) is 19.2. The number of carbonyl (C=O) groups is 1. The lowest BCUT2D eigenvalue weighted by Crippen LogP contribution is -2.46. The van der Waals surface area contributed by atoms with Gasteiger partial charge in [0.2, 0.25) is 0 Å². The van der Waals surface area contributed by atoms with Gasteiger partial charge in [-0.05, 0) is 48.1 Å². The number of likely N-dealkylation sites (tertiary alicyclic amines) is 1. The van der Waals surface area contributed by atoms with Crippen LogP contribution in [0.5, 0.6) is 5.75 Å². The number of fused-ring (bicyclic) bond motifs is 1. The topological polar surface area (TPSA) is 76.2 Å². The first-order chi connectivity index (χ1) is 15.9. The van der Waals surface area contributed by atoms with Crippen molar-refractivity contribution in [3.8, 4) is 5.75 Å². The molecule has 1 spiro atoms. The third-order valence-electron chi connectivity index (χ3n) is 6.90. The smallest absolute Gasteiger partial charge is 0.415 e. The molecule has 3 aliphatic heterocycles. The molecule has 33 heavy (non-hydrogen) atoms. The van der Waals surface area contributed by atoms with Crippen LogP contribution in [-0.2, 0) is 20.9 Å². The molecule has 7 nitrogen and oxygen atoms in total. The number of amides is 1. The van der Waals surface area contributed by atoms with E-state index >= 15 is 0 Å². The van der Waals surface area contributed by atoms with Crippen molar-refractivity contribution in [3.63, 3.8) is 0 Å². The molecule has 0 bridgehead atoms. The molecule has 174 valence electrons. The summed E-state index contributed by atoms with van der Waals surface area (Å²) in [5, 5.41) is 0. The van der Waals surface area contributed by atoms with E-state index in [1.165, 1.54) is 16.7 Å². The van der Waals surface area contributed by atoms with Crippen molar-refractivity contribution in [1.82, 2.24) is 4.90 Å². The fraction of sp³-hybridized carbons (Fsp3) is 0.462. The lowest BCUT2D eigenvalue weighted by Gasteiger charge is -2.37. The van der Waals surface area contributed by atoms with Crippen LogP contribution in [0.4, 0.5) is 10.5 Å². The Morgan fingerprint density at radius 1 is 1.12 bits per heavy atom. The number of benzene rings is 2. The van der Waals surface area contributed by atoms with Gasteiger partial charge >= 0.3 is 12.2 Å². The van der Waals surface area contributed by atoms with E-state index in [-0.39, 0.29) is 17.8 Å². The summed E-state index contributed by atoms with van der Waals surface area (Å²) >= 11 is 0. The number of carbonyl (C=O) groups excluding carboxylic acids is 3. The largest absolute Gasteiger partial charge is 0.493 e. The van der Waals surface area contributed by atoms with Gasteiger partial charge in [-0.15, -0.1) is 0 Å². The van der Waals surface area contributed by atoms with E-state index in [1.54, 1.807) is 4.90 Å². The van der Waals surface area contributed by atoms with Gasteiger partial charge in [-0.2, -0.15) is 9.59 Å². The van der Waals surface area contributed by atoms with Gasteiger partial charge in [0.25, 0.3) is 0 Å². The highest BCUT2D eigenvalue weighted by molar-refractivity contribution is 5.90. The van der Waals surface area contributed by atoms with E-state index in [2.05, 4.69) is 30.9 Å². The lowest BCUT2D eigenvalue weighted by molar-refractivity contribution is -0.191. The number of piperidine rings is 1. The van der Waals surface area contributed by atoms with Gasteiger partial charge in [0.05, 0.1) is 13.2 Å². The standard InChI is InChI=1S/C25H30N2O3.CO2/c1-18-8-13-29-23-19(2)14-20(15-22(18)23)16-26-11-9-25(10-12-26)17-27(24(28)30-25)21-6-4-3-5-7-21;2-1-3/h3-7,14-15,18H,8-13,16-17H2,1-2H3;. The Morgan fingerprint density at radius 2 is 1.82 bits per heavy atom. The Labute approximate surface area is 194 Å². The molecule has 0 aromatic heterocycles. The Morgan fingerprint density at radius 3 is 2.52 bits per heavy atom. The average molecular weight is 451 g/mol. The molecule has 2 saturated heterocycles. The summed E-state index contributed by atoms with van der Waals surface area (Å²) < 4.78 is 11.8. The van der Waals surface area contributed by atoms with Gasteiger partial charge < -0.3 is 9.47 Å². The molecular weight excluding hydrogens is 420 g/mol. The second kappa shape index (κ2) is 9.77. The van der Waals surface area contributed by atoms with Crippen molar-refractivity contribution < 1.29 is 23.9 Å². The lowest BCUT2D eigenvalue weighted by atomic mass is 9.89. The third-order valence-corrected chi connectivity index (χ3v) is 6.90. The van der Waals surface area contributed by atoms with Crippen molar-refractivity contribution in [1.29, 1.82) is 0 Å². The first-order valence-electron chi connectivity index (χ1n) is 11.5. The van der Waals surface area contributed by atoms with Gasteiger partial charge in [0, 0.05) is 38.2 Å². The van der Waals surface area contributed by atoms with Gasteiger partial charge in [-0.3, -0.25) is 9.80 Å². The normalized spacial score (nSPS) is 21.3. The van der Waals surface area contributed by atoms with Crippen LogP contribution in [-0.4, -0.2) is 49.0 Å². The van der Waals surface area contributed by atoms with Gasteiger partial charge in [-0.25, -0.2) is 4.79 Å². The molecule has 1 amide bonds. The van der Waals surface area contributed by atoms with Crippen molar-refractivity contribution in [3.05, 3.63) is 59.2 Å². The van der Waals surface area contributed by atoms with Crippen LogP contribution in [0, 0.1) is 6.92 Å². The van der Waals surface area contributed by atoms with E-state index in [0.29, 0.717) is 12.5 Å². The molecule has 0 N–H and O–H groups in total. The minimum atomic E-state index is -0.350. The predicted molar refractivity (Wildman–Crippen MR) is 122 cm³/mol. The van der Waals surface area contributed by atoms with Crippen LogP contribution in [0.15, 0.2) is 42.5 Å². The first kappa shape index (κ1) is 23.0. The van der Waals surface area contributed by atoms with E-state index in [1.807, 2.05) is 30.3 Å². The van der Waals surface area contributed by atoms with Crippen molar-refractivity contribution >= 4 is 17.9 Å². The number of nitrogens with zero attached hydrogens (tertiary/aromatic N) is 2. The molecule has 3 aliphatic rings. The van der Waals surface area contributed by atoms with E-state index in [9.17, 15) is 4.79 Å². The summed E-state index contributed by atoms with van der Waals surface area (Å²) in [6, 6.07) is 14.4. The maximum atomic E-state index is 12.5. The van der Waals surface area contributed by atoms with Gasteiger partial charge in [0.1, 0.15) is 11.4 Å². The molecular formula is C26H30N2O5. The quantitative estimate of drug-likeness (QED) is 0.694. The summed E-state index contributed by atoms with van der Waals surface area (Å²) in [5.74, 6) is 1.65. The number of anilines is 1. The molecule has 2 aromatic carbocycles. The molecule has 7 heteroatoms. The number of aryl methyl sites for hydroxylation is 1. The first-order valence-corrected chi connectivity index (χ1v) is 11.5. The zero-order valence-corrected chi connectivity index (χ0v) is 19.2. The predicted octanol–water partition coefficient (Wildman–Crippen LogP) is 4.29. The average Bonchev–Trinajstić information content (AvgIpc) is 3.13. The molecule has 0 radical (unpaired) electrons. The van der Waals surface area contributed by atoms with E-state index in [0.717, 1.165) is 56.9 Å². The highest BCUT2D eigenvalue weighted by Gasteiger charge is 2.47. The van der Waals surface area contributed by atoms with Crippen LogP contribution < -0.4 is 9.64 Å². The summed E-state index contributed by atoms with van der Waals surface area (Å²) in [5.41, 5.74) is 4.52. The molecule has 1 atom stereocenters. The Balaban J connectivity index is 0.000000821. The van der Waals surface area contributed by atoms with Crippen molar-refractivity contribution in [2.45, 2.75) is 51.2 Å². The van der Waals surface area contributed by atoms with Crippen LogP contribution >= 0.6 is 0 Å². The monoisotopic (exact) mass is 450 g/mol. The second-order valence-corrected chi connectivity index (χ2v) is 9.20. The van der Waals surface area contributed by atoms with E-state index < -0.39 is 0 Å². The molecule has 0 saturated carbocycles. The summed E-state index contributed by atoms with van der Waals surface area (Å²) in [7, 11) is 0. The van der Waals surface area contributed by atoms with Gasteiger partial charge in [-0.1, -0.05) is 37.3 Å². The maximum absolute atomic E-state index is 12.5. The minimum Gasteiger partial charge on any atom is -0.493 e. The van der Waals surface area contributed by atoms with Crippen molar-refractivity contribution in [2.75, 3.05) is 31.1 Å². The van der Waals surface area contributed by atoms with Crippen LogP contribution in [0.2, 0.25) is 0 Å². The fourth-order valence-electron chi connectivity index (χ4n) is 5.09. The van der Waals surface area contributed by atoms with Crippen molar-refractivity contribution in [2.24, 2.45) is 0 Å². The minimum absolute atomic E-state index is 0.214. The highest BCUT2D eigenvalue weighted by atomic mass is 16.6. The van der Waals surface area contributed by atoms with Gasteiger partial charge in [0.15, 0.2) is 0 Å². The Hall–Kier alpha value is -3.15. The highest BCUT2D eigenvalue weighted by Crippen LogP contribution is 2.38. The van der Waals surface area contributed by atoms with Crippen LogP contribution in [0.3, 0.4) is 0 Å². The summed E-state index contributed by atoms with van der Waals surface area (Å²) in [6.45, 7) is 8.74. The molecule has 1 unspecified atom stereocenters. The number of hydrogen-bond acceptors (Lipinski definition) is 6. The molecule has 2 aromatic rings. The number of hydrogen-bond donors (Lipinski definition) is 0. The molecule has 2 fully saturated rings. The molecule has 0 aliphatic carbocycles. The Bertz CT molecular complexity index is 1020. The summed E-state index contributed by atoms with van der Waals surface area (Å²) in [6.07, 6.45) is 2.89.